The summed E-state index contributed by atoms with van der Waals surface area (Å²) in [6, 6.07) is 6.46. The molecule has 0 unspecified atom stereocenters. The highest BCUT2D eigenvalue weighted by molar-refractivity contribution is 5.79. The van der Waals surface area contributed by atoms with E-state index in [-0.39, 0.29) is 23.8 Å². The van der Waals surface area contributed by atoms with E-state index in [4.69, 9.17) is 0 Å². The number of amides is 2. The first-order chi connectivity index (χ1) is 14.0. The van der Waals surface area contributed by atoms with E-state index in [1.165, 1.54) is 0 Å². The Labute approximate surface area is 174 Å². The van der Waals surface area contributed by atoms with E-state index in [0.29, 0.717) is 19.1 Å². The molecule has 0 saturated carbocycles. The van der Waals surface area contributed by atoms with Crippen molar-refractivity contribution >= 4 is 11.8 Å². The molecule has 2 amide bonds. The van der Waals surface area contributed by atoms with Crippen LogP contribution in [0.25, 0.3) is 0 Å². The highest BCUT2D eigenvalue weighted by atomic mass is 16.2. The zero-order valence-corrected chi connectivity index (χ0v) is 17.8. The van der Waals surface area contributed by atoms with Gasteiger partial charge in [-0.2, -0.15) is 0 Å². The fourth-order valence-corrected chi connectivity index (χ4v) is 4.39. The van der Waals surface area contributed by atoms with Crippen molar-refractivity contribution in [3.8, 4) is 0 Å². The fourth-order valence-electron chi connectivity index (χ4n) is 4.39. The molecule has 2 N–H and O–H groups in total. The lowest BCUT2D eigenvalue weighted by atomic mass is 9.93. The minimum Gasteiger partial charge on any atom is -0.353 e. The lowest BCUT2D eigenvalue weighted by Crippen LogP contribution is -2.52. The molecule has 0 bridgehead atoms. The predicted molar refractivity (Wildman–Crippen MR) is 113 cm³/mol. The highest BCUT2D eigenvalue weighted by Crippen LogP contribution is 2.24. The molecule has 1 atom stereocenters. The minimum atomic E-state index is 0.0577. The Kier molecular flexibility index (Phi) is 8.00. The summed E-state index contributed by atoms with van der Waals surface area (Å²) in [6.07, 6.45) is 5.91. The topological polar surface area (TPSA) is 77.6 Å². The SMILES string of the molecule is CC(C)NC(=O)CN1CCC(N2CCC[C@@H](C(=O)NCc3ccccn3)C2)CC1. The van der Waals surface area contributed by atoms with Gasteiger partial charge in [0.2, 0.25) is 11.8 Å². The van der Waals surface area contributed by atoms with Crippen molar-refractivity contribution < 1.29 is 9.59 Å². The smallest absolute Gasteiger partial charge is 0.234 e. The first-order valence-electron chi connectivity index (χ1n) is 10.9. The predicted octanol–water partition coefficient (Wildman–Crippen LogP) is 1.40. The zero-order valence-electron chi connectivity index (χ0n) is 17.8. The van der Waals surface area contributed by atoms with Gasteiger partial charge < -0.3 is 10.6 Å². The van der Waals surface area contributed by atoms with Crippen LogP contribution < -0.4 is 10.6 Å². The summed E-state index contributed by atoms with van der Waals surface area (Å²) in [6.45, 7) is 8.77. The van der Waals surface area contributed by atoms with E-state index < -0.39 is 0 Å². The lowest BCUT2D eigenvalue weighted by Gasteiger charge is -2.41. The molecule has 0 spiro atoms. The number of hydrogen-bond donors (Lipinski definition) is 2. The largest absolute Gasteiger partial charge is 0.353 e. The maximum atomic E-state index is 12.6. The van der Waals surface area contributed by atoms with E-state index in [1.807, 2.05) is 32.0 Å². The number of likely N-dealkylation sites (tertiary alicyclic amines) is 2. The van der Waals surface area contributed by atoms with Crippen LogP contribution in [0.1, 0.15) is 45.2 Å². The molecule has 1 aromatic heterocycles. The summed E-state index contributed by atoms with van der Waals surface area (Å²) < 4.78 is 0. The number of aromatic nitrogens is 1. The van der Waals surface area contributed by atoms with E-state index in [1.54, 1.807) is 6.20 Å². The second-order valence-corrected chi connectivity index (χ2v) is 8.60. The fraction of sp³-hybridized carbons (Fsp3) is 0.682. The average molecular weight is 402 g/mol. The molecular formula is C22H35N5O2. The Morgan fingerprint density at radius 2 is 1.97 bits per heavy atom. The van der Waals surface area contributed by atoms with Crippen molar-refractivity contribution in [3.63, 3.8) is 0 Å². The average Bonchev–Trinajstić information content (AvgIpc) is 2.73. The van der Waals surface area contributed by atoms with Crippen LogP contribution in [-0.2, 0) is 16.1 Å². The third-order valence-corrected chi connectivity index (χ3v) is 5.88. The third kappa shape index (κ3) is 6.78. The molecule has 29 heavy (non-hydrogen) atoms. The molecular weight excluding hydrogens is 366 g/mol. The van der Waals surface area contributed by atoms with E-state index in [0.717, 1.165) is 57.6 Å². The second-order valence-electron chi connectivity index (χ2n) is 8.60. The quantitative estimate of drug-likeness (QED) is 0.722. The van der Waals surface area contributed by atoms with Gasteiger partial charge in [-0.3, -0.25) is 24.4 Å². The number of rotatable bonds is 7. The summed E-state index contributed by atoms with van der Waals surface area (Å²) in [5.41, 5.74) is 0.891. The van der Waals surface area contributed by atoms with Gasteiger partial charge in [0, 0.05) is 37.9 Å². The lowest BCUT2D eigenvalue weighted by molar-refractivity contribution is -0.127. The number of piperidine rings is 2. The molecule has 2 aliphatic rings. The van der Waals surface area contributed by atoms with Crippen LogP contribution in [0.2, 0.25) is 0 Å². The van der Waals surface area contributed by atoms with Gasteiger partial charge in [-0.05, 0) is 58.2 Å². The molecule has 2 fully saturated rings. The Bertz CT molecular complexity index is 658. The zero-order chi connectivity index (χ0) is 20.6. The molecule has 0 aromatic carbocycles. The molecule has 7 heteroatoms. The van der Waals surface area contributed by atoms with Crippen molar-refractivity contribution in [2.75, 3.05) is 32.7 Å². The number of hydrogen-bond acceptors (Lipinski definition) is 5. The number of carbonyl (C=O) groups is 2. The molecule has 0 aliphatic carbocycles. The van der Waals surface area contributed by atoms with Crippen LogP contribution in [0.3, 0.4) is 0 Å². The van der Waals surface area contributed by atoms with Crippen LogP contribution in [0.15, 0.2) is 24.4 Å². The maximum absolute atomic E-state index is 12.6. The van der Waals surface area contributed by atoms with Crippen LogP contribution in [-0.4, -0.2) is 71.4 Å². The van der Waals surface area contributed by atoms with Crippen LogP contribution in [0.4, 0.5) is 0 Å². The summed E-state index contributed by atoms with van der Waals surface area (Å²) in [5.74, 6) is 0.312. The van der Waals surface area contributed by atoms with Crippen molar-refractivity contribution in [2.45, 2.75) is 58.2 Å². The standard InChI is InChI=1S/C22H35N5O2/c1-17(2)25-21(28)16-26-12-8-20(9-13-26)27-11-5-6-18(15-27)22(29)24-14-19-7-3-4-10-23-19/h3-4,7,10,17-18,20H,5-6,8-9,11-16H2,1-2H3,(H,24,29)(H,25,28)/t18-/m1/s1. The van der Waals surface area contributed by atoms with Gasteiger partial charge in [-0.1, -0.05) is 6.07 Å². The second kappa shape index (κ2) is 10.7. The van der Waals surface area contributed by atoms with Gasteiger partial charge in [0.15, 0.2) is 0 Å². The monoisotopic (exact) mass is 401 g/mol. The molecule has 1 aromatic rings. The number of pyridine rings is 1. The molecule has 3 heterocycles. The van der Waals surface area contributed by atoms with Crippen molar-refractivity contribution in [1.29, 1.82) is 0 Å². The Morgan fingerprint density at radius 1 is 1.17 bits per heavy atom. The van der Waals surface area contributed by atoms with Crippen LogP contribution >= 0.6 is 0 Å². The van der Waals surface area contributed by atoms with Gasteiger partial charge >= 0.3 is 0 Å². The van der Waals surface area contributed by atoms with E-state index in [2.05, 4.69) is 25.4 Å². The summed E-state index contributed by atoms with van der Waals surface area (Å²) >= 11 is 0. The van der Waals surface area contributed by atoms with Gasteiger partial charge in [0.25, 0.3) is 0 Å². The van der Waals surface area contributed by atoms with E-state index in [9.17, 15) is 9.59 Å². The molecule has 0 radical (unpaired) electrons. The summed E-state index contributed by atoms with van der Waals surface area (Å²) in [5, 5.41) is 6.02. The first-order valence-corrected chi connectivity index (χ1v) is 10.9. The Balaban J connectivity index is 1.41. The minimum absolute atomic E-state index is 0.0577. The summed E-state index contributed by atoms with van der Waals surface area (Å²) in [7, 11) is 0. The van der Waals surface area contributed by atoms with Crippen molar-refractivity contribution in [1.82, 2.24) is 25.4 Å². The van der Waals surface area contributed by atoms with Gasteiger partial charge in [-0.25, -0.2) is 0 Å². The third-order valence-electron chi connectivity index (χ3n) is 5.88. The number of nitrogens with zero attached hydrogens (tertiary/aromatic N) is 3. The van der Waals surface area contributed by atoms with Crippen LogP contribution in [0.5, 0.6) is 0 Å². The van der Waals surface area contributed by atoms with Crippen molar-refractivity contribution in [2.24, 2.45) is 5.92 Å². The normalized spacial score (nSPS) is 21.8. The number of nitrogens with one attached hydrogen (secondary N) is 2. The van der Waals surface area contributed by atoms with E-state index >= 15 is 0 Å². The van der Waals surface area contributed by atoms with Gasteiger partial charge in [0.1, 0.15) is 0 Å². The van der Waals surface area contributed by atoms with Gasteiger partial charge in [-0.15, -0.1) is 0 Å². The number of carbonyl (C=O) groups excluding carboxylic acids is 2. The molecule has 2 saturated heterocycles. The van der Waals surface area contributed by atoms with Crippen LogP contribution in [0, 0.1) is 5.92 Å². The summed E-state index contributed by atoms with van der Waals surface area (Å²) in [4.78, 5) is 33.6. The molecule has 7 nitrogen and oxygen atoms in total. The Hall–Kier alpha value is -1.99. The van der Waals surface area contributed by atoms with Crippen molar-refractivity contribution in [3.05, 3.63) is 30.1 Å². The first kappa shape index (κ1) is 21.7. The maximum Gasteiger partial charge on any atom is 0.234 e. The highest BCUT2D eigenvalue weighted by Gasteiger charge is 2.31. The van der Waals surface area contributed by atoms with Gasteiger partial charge in [0.05, 0.1) is 24.7 Å². The molecule has 2 aliphatic heterocycles. The molecule has 3 rings (SSSR count). The molecule has 160 valence electrons. The Morgan fingerprint density at radius 3 is 2.66 bits per heavy atom.